The molecule has 4 heterocycles. The number of fused-ring (bicyclic) bond motifs is 4. The normalized spacial score (nSPS) is 30.0. The summed E-state index contributed by atoms with van der Waals surface area (Å²) in [6.45, 7) is -0.202. The van der Waals surface area contributed by atoms with Gasteiger partial charge in [0.2, 0.25) is 5.95 Å². The van der Waals surface area contributed by atoms with Gasteiger partial charge in [0.25, 0.3) is 11.9 Å². The van der Waals surface area contributed by atoms with Crippen molar-refractivity contribution in [1.29, 1.82) is 0 Å². The number of nitrogens with two attached hydrogens (primary N) is 1. The Morgan fingerprint density at radius 3 is 2.79 bits per heavy atom. The molecule has 1 fully saturated rings. The highest BCUT2D eigenvalue weighted by Crippen LogP contribution is 2.51. The molecule has 0 saturated carbocycles. The van der Waals surface area contributed by atoms with Gasteiger partial charge in [-0.2, -0.15) is 4.39 Å². The Morgan fingerprint density at radius 2 is 2.04 bits per heavy atom. The van der Waals surface area contributed by atoms with Gasteiger partial charge in [0.1, 0.15) is 18.5 Å². The van der Waals surface area contributed by atoms with E-state index >= 15 is 0 Å². The molecule has 0 amide bonds. The number of hydrogen-bond donors (Lipinski definition) is 1. The van der Waals surface area contributed by atoms with E-state index in [-0.39, 0.29) is 30.5 Å². The summed E-state index contributed by atoms with van der Waals surface area (Å²) < 4.78 is 60.0. The van der Waals surface area contributed by atoms with Gasteiger partial charge in [-0.3, -0.25) is 0 Å². The smallest absolute Gasteiger partial charge is 0.289 e. The first-order chi connectivity index (χ1) is 13.4. The van der Waals surface area contributed by atoms with Gasteiger partial charge < -0.3 is 19.9 Å². The molecule has 146 valence electrons. The second kappa shape index (κ2) is 5.84. The summed E-state index contributed by atoms with van der Waals surface area (Å²) in [5.74, 6) is -3.51. The first-order valence-electron chi connectivity index (χ1n) is 8.80. The molecule has 1 saturated heterocycles. The molecule has 1 spiro atoms. The minimum absolute atomic E-state index is 0.0641. The van der Waals surface area contributed by atoms with Crippen LogP contribution in [-0.4, -0.2) is 42.3 Å². The van der Waals surface area contributed by atoms with Gasteiger partial charge in [0.15, 0.2) is 11.6 Å². The fourth-order valence-electron chi connectivity index (χ4n) is 4.07. The van der Waals surface area contributed by atoms with Crippen LogP contribution in [-0.2, 0) is 15.0 Å². The van der Waals surface area contributed by atoms with Gasteiger partial charge >= 0.3 is 0 Å². The number of hydrogen-bond acceptors (Lipinski definition) is 6. The van der Waals surface area contributed by atoms with E-state index in [1.807, 2.05) is 0 Å². The Kier molecular flexibility index (Phi) is 3.61. The van der Waals surface area contributed by atoms with Crippen LogP contribution in [0.25, 0.3) is 11.1 Å². The molecular weight excluding hydrogens is 375 g/mol. The standard InChI is InChI=1S/C19H16F3N3O3/c20-16-11(2-1-6-24-16)10-3-4-13-12(8-10)18(9-27-17(23)25-18)14-15(28-13)19(21,22)5-7-26-14/h1-4,6,8,14-15H,5,7,9H2,(H2,23,25). The first kappa shape index (κ1) is 17.3. The Morgan fingerprint density at radius 1 is 1.18 bits per heavy atom. The SMILES string of the molecule is NC1=NC2(CO1)c1cc(-c3cccnc3F)ccc1OC1C2OCCC1(F)F. The van der Waals surface area contributed by atoms with Gasteiger partial charge in [0, 0.05) is 23.7 Å². The zero-order chi connectivity index (χ0) is 19.5. The maximum atomic E-state index is 14.6. The molecule has 9 heteroatoms. The molecule has 6 nitrogen and oxygen atoms in total. The molecule has 3 aliphatic heterocycles. The Balaban J connectivity index is 1.70. The molecule has 0 bridgehead atoms. The van der Waals surface area contributed by atoms with Gasteiger partial charge in [0.05, 0.1) is 6.61 Å². The maximum absolute atomic E-state index is 14.6. The highest BCUT2D eigenvalue weighted by Gasteiger charge is 2.63. The molecule has 1 aromatic carbocycles. The number of amidine groups is 1. The Hall–Kier alpha value is -2.81. The number of nitrogens with zero attached hydrogens (tertiary/aromatic N) is 2. The third-order valence-electron chi connectivity index (χ3n) is 5.41. The summed E-state index contributed by atoms with van der Waals surface area (Å²) in [4.78, 5) is 8.01. The minimum atomic E-state index is -3.09. The molecule has 2 N–H and O–H groups in total. The zero-order valence-corrected chi connectivity index (χ0v) is 14.6. The lowest BCUT2D eigenvalue weighted by Gasteiger charge is -2.48. The third kappa shape index (κ3) is 2.39. The fraction of sp³-hybridized carbons (Fsp3) is 0.368. The number of pyridine rings is 1. The average molecular weight is 391 g/mol. The summed E-state index contributed by atoms with van der Waals surface area (Å²) in [5.41, 5.74) is 5.69. The number of aromatic nitrogens is 1. The molecule has 0 aliphatic carbocycles. The van der Waals surface area contributed by atoms with Crippen molar-refractivity contribution >= 4 is 6.02 Å². The molecule has 3 aliphatic rings. The third-order valence-corrected chi connectivity index (χ3v) is 5.41. The highest BCUT2D eigenvalue weighted by molar-refractivity contribution is 5.75. The van der Waals surface area contributed by atoms with Gasteiger partial charge in [-0.25, -0.2) is 18.8 Å². The maximum Gasteiger partial charge on any atom is 0.289 e. The predicted octanol–water partition coefficient (Wildman–Crippen LogP) is 2.61. The van der Waals surface area contributed by atoms with Crippen LogP contribution in [0.2, 0.25) is 0 Å². The van der Waals surface area contributed by atoms with Crippen LogP contribution in [0, 0.1) is 5.95 Å². The molecule has 28 heavy (non-hydrogen) atoms. The van der Waals surface area contributed by atoms with E-state index in [2.05, 4.69) is 9.98 Å². The van der Waals surface area contributed by atoms with Crippen molar-refractivity contribution < 1.29 is 27.4 Å². The van der Waals surface area contributed by atoms with Crippen LogP contribution in [0.5, 0.6) is 5.75 Å². The molecule has 3 atom stereocenters. The van der Waals surface area contributed by atoms with Crippen LogP contribution in [0.15, 0.2) is 41.5 Å². The van der Waals surface area contributed by atoms with Crippen molar-refractivity contribution in [2.45, 2.75) is 30.1 Å². The monoisotopic (exact) mass is 391 g/mol. The largest absolute Gasteiger partial charge is 0.481 e. The predicted molar refractivity (Wildman–Crippen MR) is 92.6 cm³/mol. The van der Waals surface area contributed by atoms with Crippen LogP contribution in [0.3, 0.4) is 0 Å². The van der Waals surface area contributed by atoms with Crippen molar-refractivity contribution in [3.63, 3.8) is 0 Å². The van der Waals surface area contributed by atoms with Crippen LogP contribution in [0.1, 0.15) is 12.0 Å². The Labute approximate surface area is 158 Å². The van der Waals surface area contributed by atoms with E-state index in [1.54, 1.807) is 24.3 Å². The van der Waals surface area contributed by atoms with Crippen molar-refractivity contribution in [1.82, 2.24) is 4.98 Å². The molecule has 0 radical (unpaired) electrons. The lowest BCUT2D eigenvalue weighted by Crippen LogP contribution is -2.63. The number of aliphatic imine (C=N–C) groups is 1. The fourth-order valence-corrected chi connectivity index (χ4v) is 4.07. The van der Waals surface area contributed by atoms with E-state index in [1.165, 1.54) is 12.3 Å². The first-order valence-corrected chi connectivity index (χ1v) is 8.80. The van der Waals surface area contributed by atoms with Gasteiger partial charge in [-0.15, -0.1) is 0 Å². The highest BCUT2D eigenvalue weighted by atomic mass is 19.3. The molecule has 5 rings (SSSR count). The summed E-state index contributed by atoms with van der Waals surface area (Å²) in [6, 6.07) is 7.85. The Bertz CT molecular complexity index is 984. The topological polar surface area (TPSA) is 79.0 Å². The lowest BCUT2D eigenvalue weighted by molar-refractivity contribution is -0.226. The van der Waals surface area contributed by atoms with E-state index in [0.717, 1.165) is 0 Å². The molecular formula is C19H16F3N3O3. The van der Waals surface area contributed by atoms with Crippen LogP contribution >= 0.6 is 0 Å². The van der Waals surface area contributed by atoms with Crippen molar-refractivity contribution in [2.24, 2.45) is 10.7 Å². The summed E-state index contributed by atoms with van der Waals surface area (Å²) in [7, 11) is 0. The number of ether oxygens (including phenoxy) is 3. The molecule has 3 unspecified atom stereocenters. The minimum Gasteiger partial charge on any atom is -0.481 e. The number of benzene rings is 1. The van der Waals surface area contributed by atoms with Crippen LogP contribution in [0.4, 0.5) is 13.2 Å². The summed E-state index contributed by atoms with van der Waals surface area (Å²) in [5, 5.41) is 0. The summed E-state index contributed by atoms with van der Waals surface area (Å²) in [6.07, 6.45) is -1.70. The van der Waals surface area contributed by atoms with E-state index in [0.29, 0.717) is 11.1 Å². The van der Waals surface area contributed by atoms with Crippen LogP contribution < -0.4 is 10.5 Å². The van der Waals surface area contributed by atoms with E-state index < -0.39 is 36.0 Å². The lowest BCUT2D eigenvalue weighted by atomic mass is 9.76. The van der Waals surface area contributed by atoms with Crippen molar-refractivity contribution in [3.05, 3.63) is 48.0 Å². The quantitative estimate of drug-likeness (QED) is 0.756. The second-order valence-electron chi connectivity index (χ2n) is 7.06. The zero-order valence-electron chi connectivity index (χ0n) is 14.6. The molecule has 1 aromatic heterocycles. The average Bonchev–Trinajstić information content (AvgIpc) is 3.05. The van der Waals surface area contributed by atoms with Crippen molar-refractivity contribution in [2.75, 3.05) is 13.2 Å². The number of alkyl halides is 2. The van der Waals surface area contributed by atoms with E-state index in [4.69, 9.17) is 19.9 Å². The van der Waals surface area contributed by atoms with Gasteiger partial charge in [-0.1, -0.05) is 6.07 Å². The van der Waals surface area contributed by atoms with Gasteiger partial charge in [-0.05, 0) is 29.8 Å². The summed E-state index contributed by atoms with van der Waals surface area (Å²) >= 11 is 0. The van der Waals surface area contributed by atoms with Crippen molar-refractivity contribution in [3.8, 4) is 16.9 Å². The number of halogens is 3. The molecule has 2 aromatic rings. The number of rotatable bonds is 1. The van der Waals surface area contributed by atoms with E-state index in [9.17, 15) is 13.2 Å². The second-order valence-corrected chi connectivity index (χ2v) is 7.06.